The van der Waals surface area contributed by atoms with Crippen LogP contribution in [0.3, 0.4) is 0 Å². The Morgan fingerprint density at radius 3 is 2.05 bits per heavy atom. The lowest BCUT2D eigenvalue weighted by Crippen LogP contribution is -2.11. The van der Waals surface area contributed by atoms with Crippen molar-refractivity contribution in [1.82, 2.24) is 0 Å². The molecule has 0 amide bonds. The van der Waals surface area contributed by atoms with E-state index in [-0.39, 0.29) is 10.5 Å². The zero-order valence-corrected chi connectivity index (χ0v) is 11.9. The molecule has 0 unspecified atom stereocenters. The number of halogens is 2. The summed E-state index contributed by atoms with van der Waals surface area (Å²) in [4.78, 5) is 2.98. The standard InChI is InChI=1S/C15H11F2NO2S/c1-10-3-5-14(6-4-10)21(19,20)15(18-2)11-7-12(16)9-13(17)8-11/h3-9,15H,1H3/t15-/m1/s1. The Kier molecular flexibility index (Phi) is 4.05. The van der Waals surface area contributed by atoms with Crippen molar-refractivity contribution in [2.45, 2.75) is 17.2 Å². The lowest BCUT2D eigenvalue weighted by molar-refractivity contribution is 0.576. The minimum Gasteiger partial charge on any atom is -0.291 e. The third-order valence-electron chi connectivity index (χ3n) is 2.93. The Labute approximate surface area is 121 Å². The summed E-state index contributed by atoms with van der Waals surface area (Å²) in [6.45, 7) is 8.88. The highest BCUT2D eigenvalue weighted by atomic mass is 32.2. The molecule has 0 N–H and O–H groups in total. The van der Waals surface area contributed by atoms with Crippen LogP contribution in [-0.2, 0) is 9.84 Å². The van der Waals surface area contributed by atoms with Gasteiger partial charge in [0, 0.05) is 6.07 Å². The van der Waals surface area contributed by atoms with Crippen LogP contribution in [0.5, 0.6) is 0 Å². The molecule has 0 aliphatic carbocycles. The first-order chi connectivity index (χ1) is 9.84. The maximum absolute atomic E-state index is 13.2. The van der Waals surface area contributed by atoms with Gasteiger partial charge in [-0.25, -0.2) is 23.8 Å². The Morgan fingerprint density at radius 1 is 1.05 bits per heavy atom. The van der Waals surface area contributed by atoms with Crippen LogP contribution < -0.4 is 0 Å². The molecule has 0 bridgehead atoms. The molecular formula is C15H11F2NO2S. The smallest absolute Gasteiger partial charge is 0.291 e. The second-order valence-corrected chi connectivity index (χ2v) is 6.55. The quantitative estimate of drug-likeness (QED) is 0.812. The second kappa shape index (κ2) is 5.62. The molecule has 0 aliphatic heterocycles. The molecule has 0 aromatic heterocycles. The minimum atomic E-state index is -4.04. The van der Waals surface area contributed by atoms with Crippen molar-refractivity contribution >= 4 is 9.84 Å². The van der Waals surface area contributed by atoms with Gasteiger partial charge >= 0.3 is 5.37 Å². The first kappa shape index (κ1) is 15.1. The molecule has 0 saturated heterocycles. The average molecular weight is 307 g/mol. The summed E-state index contributed by atoms with van der Waals surface area (Å²) in [7, 11) is -4.04. The highest BCUT2D eigenvalue weighted by Gasteiger charge is 2.35. The van der Waals surface area contributed by atoms with Crippen LogP contribution in [0.15, 0.2) is 47.4 Å². The van der Waals surface area contributed by atoms with Gasteiger partial charge in [-0.1, -0.05) is 17.7 Å². The maximum atomic E-state index is 13.2. The fourth-order valence-corrected chi connectivity index (χ4v) is 3.30. The molecule has 6 heteroatoms. The van der Waals surface area contributed by atoms with Crippen LogP contribution in [0.2, 0.25) is 0 Å². The van der Waals surface area contributed by atoms with E-state index in [9.17, 15) is 17.2 Å². The molecular weight excluding hydrogens is 296 g/mol. The first-order valence-electron chi connectivity index (χ1n) is 5.98. The van der Waals surface area contributed by atoms with Crippen LogP contribution >= 0.6 is 0 Å². The molecule has 2 aromatic carbocycles. The monoisotopic (exact) mass is 307 g/mol. The number of rotatable bonds is 3. The predicted molar refractivity (Wildman–Crippen MR) is 74.1 cm³/mol. The van der Waals surface area contributed by atoms with E-state index < -0.39 is 26.8 Å². The lowest BCUT2D eigenvalue weighted by Gasteiger charge is -2.08. The topological polar surface area (TPSA) is 38.5 Å². The van der Waals surface area contributed by atoms with Crippen LogP contribution in [0.1, 0.15) is 16.5 Å². The van der Waals surface area contributed by atoms with E-state index in [2.05, 4.69) is 4.85 Å². The van der Waals surface area contributed by atoms with Gasteiger partial charge in [0.15, 0.2) is 0 Å². The molecule has 108 valence electrons. The third kappa shape index (κ3) is 3.09. The van der Waals surface area contributed by atoms with Crippen molar-refractivity contribution in [2.75, 3.05) is 0 Å². The largest absolute Gasteiger partial charge is 0.350 e. The first-order valence-corrected chi connectivity index (χ1v) is 7.52. The Morgan fingerprint density at radius 2 is 1.57 bits per heavy atom. The van der Waals surface area contributed by atoms with Gasteiger partial charge in [0.25, 0.3) is 9.84 Å². The molecule has 2 rings (SSSR count). The molecule has 21 heavy (non-hydrogen) atoms. The molecule has 0 saturated carbocycles. The molecule has 0 radical (unpaired) electrons. The Hall–Kier alpha value is -2.26. The number of aryl methyl sites for hydroxylation is 1. The van der Waals surface area contributed by atoms with Gasteiger partial charge in [-0.05, 0) is 31.2 Å². The number of benzene rings is 2. The molecule has 0 aliphatic rings. The van der Waals surface area contributed by atoms with Gasteiger partial charge in [-0.15, -0.1) is 0 Å². The van der Waals surface area contributed by atoms with Crippen LogP contribution in [-0.4, -0.2) is 8.42 Å². The number of hydrogen-bond acceptors (Lipinski definition) is 2. The SMILES string of the molecule is [C-]#[N+][C@@H](c1cc(F)cc(F)c1)S(=O)(=O)c1ccc(C)cc1. The highest BCUT2D eigenvalue weighted by molar-refractivity contribution is 7.91. The van der Waals surface area contributed by atoms with Gasteiger partial charge < -0.3 is 0 Å². The molecule has 0 spiro atoms. The summed E-state index contributed by atoms with van der Waals surface area (Å²) in [5, 5.41) is -1.68. The van der Waals surface area contributed by atoms with E-state index in [0.29, 0.717) is 6.07 Å². The van der Waals surface area contributed by atoms with E-state index in [0.717, 1.165) is 17.7 Å². The van der Waals surface area contributed by atoms with Gasteiger partial charge in [0.2, 0.25) is 0 Å². The van der Waals surface area contributed by atoms with E-state index in [1.165, 1.54) is 12.1 Å². The van der Waals surface area contributed by atoms with Crippen LogP contribution in [0.25, 0.3) is 4.85 Å². The van der Waals surface area contributed by atoms with Crippen LogP contribution in [0, 0.1) is 25.1 Å². The predicted octanol–water partition coefficient (Wildman–Crippen LogP) is 3.67. The van der Waals surface area contributed by atoms with Crippen LogP contribution in [0.4, 0.5) is 8.78 Å². The van der Waals surface area contributed by atoms with Crippen molar-refractivity contribution in [2.24, 2.45) is 0 Å². The molecule has 0 fully saturated rings. The number of sulfone groups is 1. The number of hydrogen-bond donors (Lipinski definition) is 0. The number of nitrogens with zero attached hydrogens (tertiary/aromatic N) is 1. The zero-order chi connectivity index (χ0) is 15.6. The normalized spacial score (nSPS) is 12.7. The maximum Gasteiger partial charge on any atom is 0.350 e. The highest BCUT2D eigenvalue weighted by Crippen LogP contribution is 2.31. The van der Waals surface area contributed by atoms with E-state index >= 15 is 0 Å². The Balaban J connectivity index is 2.55. The van der Waals surface area contributed by atoms with Gasteiger partial charge in [0.05, 0.1) is 10.5 Å². The van der Waals surface area contributed by atoms with Crippen molar-refractivity contribution in [3.05, 3.63) is 76.6 Å². The summed E-state index contributed by atoms with van der Waals surface area (Å²) >= 11 is 0. The van der Waals surface area contributed by atoms with Crippen molar-refractivity contribution in [1.29, 1.82) is 0 Å². The third-order valence-corrected chi connectivity index (χ3v) is 4.83. The average Bonchev–Trinajstić information content (AvgIpc) is 2.38. The van der Waals surface area contributed by atoms with E-state index in [1.54, 1.807) is 19.1 Å². The van der Waals surface area contributed by atoms with E-state index in [4.69, 9.17) is 6.57 Å². The van der Waals surface area contributed by atoms with Gasteiger partial charge in [-0.3, -0.25) is 4.85 Å². The van der Waals surface area contributed by atoms with Gasteiger partial charge in [0.1, 0.15) is 11.6 Å². The molecule has 2 aromatic rings. The lowest BCUT2D eigenvalue weighted by atomic mass is 10.2. The molecule has 3 nitrogen and oxygen atoms in total. The Bertz CT molecular complexity index is 788. The van der Waals surface area contributed by atoms with Crippen molar-refractivity contribution in [3.63, 3.8) is 0 Å². The summed E-state index contributed by atoms with van der Waals surface area (Å²) in [6, 6.07) is 8.29. The molecule has 0 heterocycles. The van der Waals surface area contributed by atoms with Crippen molar-refractivity contribution in [3.8, 4) is 0 Å². The van der Waals surface area contributed by atoms with Gasteiger partial charge in [-0.2, -0.15) is 0 Å². The zero-order valence-electron chi connectivity index (χ0n) is 11.0. The summed E-state index contributed by atoms with van der Waals surface area (Å²) in [5.74, 6) is -1.84. The summed E-state index contributed by atoms with van der Waals surface area (Å²) in [6.07, 6.45) is 0. The van der Waals surface area contributed by atoms with E-state index in [1.807, 2.05) is 0 Å². The fraction of sp³-hybridized carbons (Fsp3) is 0.133. The molecule has 1 atom stereocenters. The fourth-order valence-electron chi connectivity index (χ4n) is 1.90. The van der Waals surface area contributed by atoms with Crippen molar-refractivity contribution < 1.29 is 17.2 Å². The minimum absolute atomic E-state index is 0.0567. The summed E-state index contributed by atoms with van der Waals surface area (Å²) in [5.41, 5.74) is 0.646. The summed E-state index contributed by atoms with van der Waals surface area (Å²) < 4.78 is 51.3. The second-order valence-electron chi connectivity index (χ2n) is 4.54.